The van der Waals surface area contributed by atoms with Crippen LogP contribution in [0.4, 0.5) is 0 Å². The van der Waals surface area contributed by atoms with E-state index in [1.807, 2.05) is 4.90 Å². The minimum Gasteiger partial charge on any atom is -0.480 e. The van der Waals surface area contributed by atoms with Crippen molar-refractivity contribution in [2.45, 2.75) is 44.2 Å². The third-order valence-corrected chi connectivity index (χ3v) is 5.84. The maximum Gasteiger partial charge on any atom is 0.323 e. The van der Waals surface area contributed by atoms with Gasteiger partial charge in [-0.05, 0) is 39.2 Å². The monoisotopic (exact) mass is 261 g/mol. The fraction of sp³-hybridized carbons (Fsp3) is 0.909. The molecule has 5 nitrogen and oxygen atoms in total. The molecule has 0 aliphatic carbocycles. The van der Waals surface area contributed by atoms with Crippen LogP contribution in [0.25, 0.3) is 0 Å². The second-order valence-electron chi connectivity index (χ2n) is 5.29. The lowest BCUT2D eigenvalue weighted by molar-refractivity contribution is -0.149. The van der Waals surface area contributed by atoms with Gasteiger partial charge in [0.05, 0.1) is 11.5 Å². The Morgan fingerprint density at radius 2 is 2.12 bits per heavy atom. The summed E-state index contributed by atoms with van der Waals surface area (Å²) < 4.78 is 23.2. The molecule has 0 spiro atoms. The Labute approximate surface area is 102 Å². The van der Waals surface area contributed by atoms with Crippen LogP contribution in [-0.2, 0) is 14.6 Å². The minimum absolute atomic E-state index is 0.114. The average Bonchev–Trinajstić information content (AvgIpc) is 2.60. The molecule has 2 aliphatic heterocycles. The van der Waals surface area contributed by atoms with Gasteiger partial charge in [0.25, 0.3) is 0 Å². The normalized spacial score (nSPS) is 38.1. The first-order valence-electron chi connectivity index (χ1n) is 6.06. The summed E-state index contributed by atoms with van der Waals surface area (Å²) in [6, 6.07) is -0.114. The highest BCUT2D eigenvalue weighted by molar-refractivity contribution is 7.91. The van der Waals surface area contributed by atoms with Gasteiger partial charge in [0.1, 0.15) is 5.54 Å². The van der Waals surface area contributed by atoms with Crippen LogP contribution in [0.2, 0.25) is 0 Å². The van der Waals surface area contributed by atoms with Crippen molar-refractivity contribution in [2.24, 2.45) is 0 Å². The van der Waals surface area contributed by atoms with Crippen LogP contribution in [0.3, 0.4) is 0 Å². The number of hydrogen-bond donors (Lipinski definition) is 1. The molecule has 2 rings (SSSR count). The maximum atomic E-state index is 11.6. The molecule has 2 fully saturated rings. The summed E-state index contributed by atoms with van der Waals surface area (Å²) in [6.07, 6.45) is 2.89. The fourth-order valence-electron chi connectivity index (χ4n) is 3.04. The van der Waals surface area contributed by atoms with Crippen molar-refractivity contribution < 1.29 is 18.3 Å². The van der Waals surface area contributed by atoms with Crippen molar-refractivity contribution in [1.29, 1.82) is 0 Å². The number of carbonyl (C=O) groups is 1. The third-order valence-electron chi connectivity index (χ3n) is 4.04. The number of aliphatic carboxylic acids is 1. The molecule has 98 valence electrons. The van der Waals surface area contributed by atoms with Gasteiger partial charge < -0.3 is 5.11 Å². The highest BCUT2D eigenvalue weighted by Crippen LogP contribution is 2.34. The van der Waals surface area contributed by atoms with Gasteiger partial charge in [0.15, 0.2) is 9.84 Å². The molecule has 0 aromatic rings. The molecule has 0 radical (unpaired) electrons. The van der Waals surface area contributed by atoms with Crippen LogP contribution in [0.1, 0.15) is 32.6 Å². The topological polar surface area (TPSA) is 74.7 Å². The van der Waals surface area contributed by atoms with Gasteiger partial charge in [-0.15, -0.1) is 0 Å². The van der Waals surface area contributed by atoms with Crippen LogP contribution in [0.15, 0.2) is 0 Å². The quantitative estimate of drug-likeness (QED) is 0.783. The molecule has 1 N–H and O–H groups in total. The van der Waals surface area contributed by atoms with Crippen LogP contribution < -0.4 is 0 Å². The number of likely N-dealkylation sites (tertiary alicyclic amines) is 1. The standard InChI is InChI=1S/C11H19NO4S/c1-11(10(13)14)5-3-6-12(11)9-4-2-7-17(15,16)8-9/h9H,2-8H2,1H3,(H,13,14). The van der Waals surface area contributed by atoms with E-state index in [1.54, 1.807) is 6.92 Å². The van der Waals surface area contributed by atoms with E-state index in [0.717, 1.165) is 12.8 Å². The zero-order chi connectivity index (χ0) is 12.7. The highest BCUT2D eigenvalue weighted by Gasteiger charge is 2.47. The van der Waals surface area contributed by atoms with E-state index in [9.17, 15) is 18.3 Å². The first-order valence-corrected chi connectivity index (χ1v) is 7.88. The highest BCUT2D eigenvalue weighted by atomic mass is 32.2. The maximum absolute atomic E-state index is 11.6. The molecule has 0 saturated carbocycles. The lowest BCUT2D eigenvalue weighted by Gasteiger charge is -2.39. The summed E-state index contributed by atoms with van der Waals surface area (Å²) in [6.45, 7) is 2.41. The van der Waals surface area contributed by atoms with Gasteiger partial charge in [-0.25, -0.2) is 8.42 Å². The Bertz CT molecular complexity index is 419. The molecule has 17 heavy (non-hydrogen) atoms. The van der Waals surface area contributed by atoms with Crippen molar-refractivity contribution in [3.8, 4) is 0 Å². The van der Waals surface area contributed by atoms with Gasteiger partial charge in [0.2, 0.25) is 0 Å². The summed E-state index contributed by atoms with van der Waals surface area (Å²) >= 11 is 0. The average molecular weight is 261 g/mol. The van der Waals surface area contributed by atoms with E-state index in [1.165, 1.54) is 0 Å². The van der Waals surface area contributed by atoms with Gasteiger partial charge >= 0.3 is 5.97 Å². The first-order chi connectivity index (χ1) is 7.85. The van der Waals surface area contributed by atoms with Crippen molar-refractivity contribution in [2.75, 3.05) is 18.1 Å². The summed E-state index contributed by atoms with van der Waals surface area (Å²) in [4.78, 5) is 13.2. The molecule has 0 aromatic heterocycles. The van der Waals surface area contributed by atoms with Crippen molar-refractivity contribution in [1.82, 2.24) is 4.90 Å². The molecule has 2 atom stereocenters. The Morgan fingerprint density at radius 3 is 2.71 bits per heavy atom. The molecular formula is C11H19NO4S. The lowest BCUT2D eigenvalue weighted by Crippen LogP contribution is -2.55. The number of hydrogen-bond acceptors (Lipinski definition) is 4. The predicted octanol–water partition coefficient (Wildman–Crippen LogP) is 0.503. The zero-order valence-corrected chi connectivity index (χ0v) is 10.9. The van der Waals surface area contributed by atoms with E-state index in [2.05, 4.69) is 0 Å². The molecule has 0 aromatic carbocycles. The molecule has 0 bridgehead atoms. The molecular weight excluding hydrogens is 242 g/mol. The third kappa shape index (κ3) is 2.33. The van der Waals surface area contributed by atoms with Gasteiger partial charge in [-0.3, -0.25) is 9.69 Å². The largest absolute Gasteiger partial charge is 0.480 e. The van der Waals surface area contributed by atoms with Gasteiger partial charge in [-0.1, -0.05) is 0 Å². The van der Waals surface area contributed by atoms with Crippen LogP contribution in [0.5, 0.6) is 0 Å². The van der Waals surface area contributed by atoms with Gasteiger partial charge in [-0.2, -0.15) is 0 Å². The summed E-state index contributed by atoms with van der Waals surface area (Å²) in [5.41, 5.74) is -0.877. The molecule has 2 aliphatic rings. The number of carboxylic acids is 1. The van der Waals surface area contributed by atoms with Gasteiger partial charge in [0, 0.05) is 6.04 Å². The smallest absolute Gasteiger partial charge is 0.323 e. The first kappa shape index (κ1) is 12.8. The Hall–Kier alpha value is -0.620. The Morgan fingerprint density at radius 1 is 1.41 bits per heavy atom. The molecule has 0 amide bonds. The number of rotatable bonds is 2. The van der Waals surface area contributed by atoms with Crippen LogP contribution in [0, 0.1) is 0 Å². The fourth-order valence-corrected chi connectivity index (χ4v) is 4.75. The van der Waals surface area contributed by atoms with Crippen molar-refractivity contribution >= 4 is 15.8 Å². The molecule has 2 saturated heterocycles. The Balaban J connectivity index is 2.19. The lowest BCUT2D eigenvalue weighted by atomic mass is 9.97. The van der Waals surface area contributed by atoms with Crippen LogP contribution >= 0.6 is 0 Å². The second-order valence-corrected chi connectivity index (χ2v) is 7.52. The van der Waals surface area contributed by atoms with E-state index >= 15 is 0 Å². The van der Waals surface area contributed by atoms with E-state index in [0.29, 0.717) is 19.4 Å². The zero-order valence-electron chi connectivity index (χ0n) is 10.1. The molecule has 2 unspecified atom stereocenters. The minimum atomic E-state index is -2.98. The summed E-state index contributed by atoms with van der Waals surface area (Å²) in [7, 11) is -2.98. The number of sulfone groups is 1. The van der Waals surface area contributed by atoms with E-state index < -0.39 is 21.3 Å². The van der Waals surface area contributed by atoms with Crippen molar-refractivity contribution in [3.05, 3.63) is 0 Å². The van der Waals surface area contributed by atoms with Crippen LogP contribution in [-0.4, -0.2) is 54.0 Å². The SMILES string of the molecule is CC1(C(=O)O)CCCN1C1CCCS(=O)(=O)C1. The molecule has 6 heteroatoms. The summed E-state index contributed by atoms with van der Waals surface area (Å²) in [5.74, 6) is -0.463. The number of nitrogens with zero attached hydrogens (tertiary/aromatic N) is 1. The van der Waals surface area contributed by atoms with E-state index in [-0.39, 0.29) is 17.5 Å². The molecule has 2 heterocycles. The Kier molecular flexibility index (Phi) is 3.20. The van der Waals surface area contributed by atoms with Crippen molar-refractivity contribution in [3.63, 3.8) is 0 Å². The predicted molar refractivity (Wildman–Crippen MR) is 63.7 cm³/mol. The van der Waals surface area contributed by atoms with E-state index in [4.69, 9.17) is 0 Å². The number of carboxylic acid groups (broad SMARTS) is 1. The second kappa shape index (κ2) is 4.24. The summed E-state index contributed by atoms with van der Waals surface area (Å²) in [5, 5.41) is 9.31.